The van der Waals surface area contributed by atoms with E-state index in [0.717, 1.165) is 5.56 Å². The van der Waals surface area contributed by atoms with Crippen molar-refractivity contribution in [3.63, 3.8) is 0 Å². The fourth-order valence-electron chi connectivity index (χ4n) is 3.40. The van der Waals surface area contributed by atoms with E-state index in [-0.39, 0.29) is 37.5 Å². The number of rotatable bonds is 6. The Morgan fingerprint density at radius 1 is 1.23 bits per heavy atom. The molecule has 140 valence electrons. The Morgan fingerprint density at radius 3 is 2.73 bits per heavy atom. The van der Waals surface area contributed by atoms with Crippen molar-refractivity contribution in [2.45, 2.75) is 25.7 Å². The molecule has 0 bridgehead atoms. The number of carbonyl (C=O) groups excluding carboxylic acids is 2. The van der Waals surface area contributed by atoms with Crippen molar-refractivity contribution in [2.75, 3.05) is 26.4 Å². The zero-order chi connectivity index (χ0) is 18.7. The van der Waals surface area contributed by atoms with Gasteiger partial charge in [-0.3, -0.25) is 14.4 Å². The van der Waals surface area contributed by atoms with E-state index in [1.807, 2.05) is 6.07 Å². The summed E-state index contributed by atoms with van der Waals surface area (Å²) < 4.78 is 10.7. The molecular formula is C18H22N2O6. The number of ether oxygens (including phenoxy) is 2. The number of hydrogen-bond acceptors (Lipinski definition) is 5. The monoisotopic (exact) mass is 362 g/mol. The molecule has 0 radical (unpaired) electrons. The number of fused-ring (bicyclic) bond motifs is 1. The molecule has 26 heavy (non-hydrogen) atoms. The number of aliphatic carboxylic acids is 1. The maximum Gasteiger partial charge on any atom is 0.308 e. The number of carboxylic acids is 1. The summed E-state index contributed by atoms with van der Waals surface area (Å²) >= 11 is 0. The van der Waals surface area contributed by atoms with Gasteiger partial charge < -0.3 is 24.8 Å². The molecule has 1 saturated heterocycles. The SMILES string of the molecule is CC(=O)NCCCC(=O)N1C[C@@H](C(=O)O)[C@H](c2ccc3c(c2)OCO3)C1. The molecule has 3 rings (SSSR count). The van der Waals surface area contributed by atoms with Gasteiger partial charge in [0.2, 0.25) is 18.6 Å². The van der Waals surface area contributed by atoms with Gasteiger partial charge in [0.25, 0.3) is 0 Å². The molecule has 1 aromatic rings. The molecule has 1 fully saturated rings. The minimum atomic E-state index is -0.916. The van der Waals surface area contributed by atoms with Gasteiger partial charge in [0.1, 0.15) is 0 Å². The Labute approximate surface area is 151 Å². The van der Waals surface area contributed by atoms with Crippen molar-refractivity contribution >= 4 is 17.8 Å². The minimum absolute atomic E-state index is 0.0927. The largest absolute Gasteiger partial charge is 0.481 e. The molecule has 2 amide bonds. The van der Waals surface area contributed by atoms with Crippen LogP contribution in [-0.2, 0) is 14.4 Å². The maximum absolute atomic E-state index is 12.4. The van der Waals surface area contributed by atoms with E-state index in [2.05, 4.69) is 5.32 Å². The average Bonchev–Trinajstić information content (AvgIpc) is 3.24. The van der Waals surface area contributed by atoms with E-state index in [0.29, 0.717) is 31.0 Å². The third-order valence-electron chi connectivity index (χ3n) is 4.76. The Kier molecular flexibility index (Phi) is 5.29. The minimum Gasteiger partial charge on any atom is -0.481 e. The van der Waals surface area contributed by atoms with Crippen molar-refractivity contribution in [2.24, 2.45) is 5.92 Å². The zero-order valence-electron chi connectivity index (χ0n) is 14.6. The molecule has 8 heteroatoms. The van der Waals surface area contributed by atoms with Crippen LogP contribution in [0.2, 0.25) is 0 Å². The molecule has 1 aromatic carbocycles. The fraction of sp³-hybridized carbons (Fsp3) is 0.500. The second-order valence-corrected chi connectivity index (χ2v) is 6.55. The van der Waals surface area contributed by atoms with E-state index in [4.69, 9.17) is 9.47 Å². The molecule has 0 saturated carbocycles. The van der Waals surface area contributed by atoms with Gasteiger partial charge >= 0.3 is 5.97 Å². The summed E-state index contributed by atoms with van der Waals surface area (Å²) in [5.41, 5.74) is 0.829. The second-order valence-electron chi connectivity index (χ2n) is 6.55. The summed E-state index contributed by atoms with van der Waals surface area (Å²) in [4.78, 5) is 36.5. The van der Waals surface area contributed by atoms with Crippen LogP contribution in [0, 0.1) is 5.92 Å². The molecule has 0 unspecified atom stereocenters. The lowest BCUT2D eigenvalue weighted by Crippen LogP contribution is -2.30. The van der Waals surface area contributed by atoms with Crippen LogP contribution in [-0.4, -0.2) is 54.2 Å². The van der Waals surface area contributed by atoms with Gasteiger partial charge in [0.15, 0.2) is 11.5 Å². The number of hydrogen-bond donors (Lipinski definition) is 2. The lowest BCUT2D eigenvalue weighted by molar-refractivity contribution is -0.142. The highest BCUT2D eigenvalue weighted by Crippen LogP contribution is 2.39. The van der Waals surface area contributed by atoms with Crippen molar-refractivity contribution in [1.29, 1.82) is 0 Å². The predicted molar refractivity (Wildman–Crippen MR) is 90.9 cm³/mol. The van der Waals surface area contributed by atoms with Crippen LogP contribution in [0.25, 0.3) is 0 Å². The highest BCUT2D eigenvalue weighted by Gasteiger charge is 2.40. The molecular weight excluding hydrogens is 340 g/mol. The number of nitrogens with zero attached hydrogens (tertiary/aromatic N) is 1. The molecule has 0 spiro atoms. The van der Waals surface area contributed by atoms with Gasteiger partial charge in [-0.1, -0.05) is 6.07 Å². The number of likely N-dealkylation sites (tertiary alicyclic amines) is 1. The van der Waals surface area contributed by atoms with Crippen molar-refractivity contribution < 1.29 is 29.0 Å². The predicted octanol–water partition coefficient (Wildman–Crippen LogP) is 0.958. The van der Waals surface area contributed by atoms with E-state index in [1.165, 1.54) is 6.92 Å². The Balaban J connectivity index is 1.66. The lowest BCUT2D eigenvalue weighted by Gasteiger charge is -2.17. The highest BCUT2D eigenvalue weighted by molar-refractivity contribution is 5.80. The molecule has 0 aliphatic carbocycles. The number of nitrogens with one attached hydrogen (secondary N) is 1. The topological polar surface area (TPSA) is 105 Å². The Bertz CT molecular complexity index is 720. The third-order valence-corrected chi connectivity index (χ3v) is 4.76. The van der Waals surface area contributed by atoms with Crippen LogP contribution in [0.4, 0.5) is 0 Å². The smallest absolute Gasteiger partial charge is 0.308 e. The van der Waals surface area contributed by atoms with Gasteiger partial charge in [0, 0.05) is 38.9 Å². The summed E-state index contributed by atoms with van der Waals surface area (Å²) in [6.45, 7) is 2.56. The van der Waals surface area contributed by atoms with Gasteiger partial charge in [0.05, 0.1) is 5.92 Å². The number of benzene rings is 1. The first-order valence-electron chi connectivity index (χ1n) is 8.60. The van der Waals surface area contributed by atoms with E-state index < -0.39 is 11.9 Å². The van der Waals surface area contributed by atoms with Crippen molar-refractivity contribution in [1.82, 2.24) is 10.2 Å². The third kappa shape index (κ3) is 3.89. The van der Waals surface area contributed by atoms with Crippen LogP contribution in [0.1, 0.15) is 31.2 Å². The van der Waals surface area contributed by atoms with Crippen molar-refractivity contribution in [3.8, 4) is 11.5 Å². The molecule has 2 atom stereocenters. The normalized spacial score (nSPS) is 20.9. The number of carbonyl (C=O) groups is 3. The fourth-order valence-corrected chi connectivity index (χ4v) is 3.40. The molecule has 8 nitrogen and oxygen atoms in total. The molecule has 0 aromatic heterocycles. The quantitative estimate of drug-likeness (QED) is 0.730. The van der Waals surface area contributed by atoms with Crippen LogP contribution in [0.5, 0.6) is 11.5 Å². The molecule has 2 aliphatic heterocycles. The average molecular weight is 362 g/mol. The summed E-state index contributed by atoms with van der Waals surface area (Å²) in [7, 11) is 0. The second kappa shape index (κ2) is 7.63. The maximum atomic E-state index is 12.4. The summed E-state index contributed by atoms with van der Waals surface area (Å²) in [6, 6.07) is 5.40. The molecule has 2 heterocycles. The first-order valence-corrected chi connectivity index (χ1v) is 8.60. The van der Waals surface area contributed by atoms with E-state index in [9.17, 15) is 19.5 Å². The lowest BCUT2D eigenvalue weighted by atomic mass is 9.89. The van der Waals surface area contributed by atoms with E-state index >= 15 is 0 Å². The highest BCUT2D eigenvalue weighted by atomic mass is 16.7. The van der Waals surface area contributed by atoms with Crippen LogP contribution >= 0.6 is 0 Å². The van der Waals surface area contributed by atoms with Gasteiger partial charge in [-0.2, -0.15) is 0 Å². The van der Waals surface area contributed by atoms with Crippen LogP contribution in [0.15, 0.2) is 18.2 Å². The zero-order valence-corrected chi connectivity index (χ0v) is 14.6. The summed E-state index contributed by atoms with van der Waals surface area (Å²) in [6.07, 6.45) is 0.807. The number of amides is 2. The summed E-state index contributed by atoms with van der Waals surface area (Å²) in [5, 5.41) is 12.2. The standard InChI is InChI=1S/C18H22N2O6/c1-11(21)19-6-2-3-17(22)20-8-13(14(9-20)18(23)24)12-4-5-15-16(7-12)26-10-25-15/h4-5,7,13-14H,2-3,6,8-10H2,1H3,(H,19,21)(H,23,24)/t13-,14+/m0/s1. The van der Waals surface area contributed by atoms with Gasteiger partial charge in [-0.25, -0.2) is 0 Å². The first kappa shape index (κ1) is 18.0. The van der Waals surface area contributed by atoms with Gasteiger partial charge in [-0.05, 0) is 24.1 Å². The van der Waals surface area contributed by atoms with Crippen LogP contribution < -0.4 is 14.8 Å². The summed E-state index contributed by atoms with van der Waals surface area (Å²) in [5.74, 6) is -0.842. The van der Waals surface area contributed by atoms with E-state index in [1.54, 1.807) is 17.0 Å². The van der Waals surface area contributed by atoms with Crippen molar-refractivity contribution in [3.05, 3.63) is 23.8 Å². The number of carboxylic acid groups (broad SMARTS) is 1. The van der Waals surface area contributed by atoms with Crippen LogP contribution in [0.3, 0.4) is 0 Å². The Morgan fingerprint density at radius 2 is 2.00 bits per heavy atom. The molecule has 2 aliphatic rings. The molecule has 2 N–H and O–H groups in total. The Hall–Kier alpha value is -2.77. The van der Waals surface area contributed by atoms with Gasteiger partial charge in [-0.15, -0.1) is 0 Å². The first-order chi connectivity index (χ1) is 12.5.